The van der Waals surface area contributed by atoms with Gasteiger partial charge >= 0.3 is 0 Å². The number of furan rings is 1. The first-order valence-electron chi connectivity index (χ1n) is 3.67. The Hall–Kier alpha value is -0.370. The van der Waals surface area contributed by atoms with Crippen LogP contribution in [0.5, 0.6) is 0 Å². The van der Waals surface area contributed by atoms with E-state index in [1.807, 2.05) is 12.5 Å². The summed E-state index contributed by atoms with van der Waals surface area (Å²) in [4.78, 5) is 0. The first-order valence-corrected chi connectivity index (χ1v) is 4.89. The van der Waals surface area contributed by atoms with Crippen molar-refractivity contribution in [2.75, 3.05) is 6.26 Å². The zero-order chi connectivity index (χ0) is 8.48. The molecule has 0 aliphatic carbocycles. The molecule has 0 radical (unpaired) electrons. The monoisotopic (exact) mass is 170 g/mol. The summed E-state index contributed by atoms with van der Waals surface area (Å²) in [7, 11) is 0. The molecule has 1 aromatic rings. The number of hydrogen-bond acceptors (Lipinski definition) is 2. The maximum absolute atomic E-state index is 5.30. The molecule has 0 N–H and O–H groups in total. The molecule has 0 spiro atoms. The predicted octanol–water partition coefficient (Wildman–Crippen LogP) is 3.30. The summed E-state index contributed by atoms with van der Waals surface area (Å²) < 4.78 is 5.30. The second-order valence-corrected chi connectivity index (χ2v) is 4.42. The van der Waals surface area contributed by atoms with Crippen LogP contribution in [0.3, 0.4) is 0 Å². The molecule has 1 heterocycles. The minimum atomic E-state index is 0.206. The maximum Gasteiger partial charge on any atom is 0.160 e. The van der Waals surface area contributed by atoms with Crippen LogP contribution in [0.4, 0.5) is 0 Å². The molecule has 11 heavy (non-hydrogen) atoms. The number of rotatable bonds is 1. The first-order chi connectivity index (χ1) is 5.04. The van der Waals surface area contributed by atoms with Crippen LogP contribution in [0.25, 0.3) is 0 Å². The van der Waals surface area contributed by atoms with Crippen molar-refractivity contribution >= 4 is 11.8 Å². The van der Waals surface area contributed by atoms with Crippen LogP contribution in [0.2, 0.25) is 0 Å². The lowest BCUT2D eigenvalue weighted by Crippen LogP contribution is -2.08. The lowest BCUT2D eigenvalue weighted by molar-refractivity contribution is 0.467. The van der Waals surface area contributed by atoms with Gasteiger partial charge in [0, 0.05) is 0 Å². The van der Waals surface area contributed by atoms with Crippen LogP contribution in [0.15, 0.2) is 21.8 Å². The van der Waals surface area contributed by atoms with Gasteiger partial charge in [-0.15, -0.1) is 0 Å². The normalized spacial score (nSPS) is 12.0. The van der Waals surface area contributed by atoms with E-state index in [4.69, 9.17) is 4.42 Å². The number of hydrogen-bond donors (Lipinski definition) is 0. The second-order valence-electron chi connectivity index (χ2n) is 3.61. The topological polar surface area (TPSA) is 13.1 Å². The van der Waals surface area contributed by atoms with Gasteiger partial charge in [-0.3, -0.25) is 0 Å². The molecular formula is C9H14OS. The quantitative estimate of drug-likeness (QED) is 0.600. The third-order valence-electron chi connectivity index (χ3n) is 1.64. The Morgan fingerprint density at radius 2 is 2.00 bits per heavy atom. The van der Waals surface area contributed by atoms with Gasteiger partial charge in [0.2, 0.25) is 0 Å². The van der Waals surface area contributed by atoms with E-state index in [0.29, 0.717) is 0 Å². The molecule has 0 atom stereocenters. The van der Waals surface area contributed by atoms with Crippen molar-refractivity contribution in [3.05, 3.63) is 17.9 Å². The van der Waals surface area contributed by atoms with E-state index in [9.17, 15) is 0 Å². The Labute approximate surface area is 72.2 Å². The van der Waals surface area contributed by atoms with Gasteiger partial charge in [-0.05, 0) is 23.3 Å². The molecule has 1 nitrogen and oxygen atoms in total. The molecule has 62 valence electrons. The lowest BCUT2D eigenvalue weighted by atomic mass is 9.89. The molecule has 0 fully saturated rings. The van der Waals surface area contributed by atoms with E-state index in [1.54, 1.807) is 11.8 Å². The van der Waals surface area contributed by atoms with E-state index in [-0.39, 0.29) is 5.41 Å². The largest absolute Gasteiger partial charge is 0.458 e. The SMILES string of the molecule is CSc1cc(C(C)(C)C)co1. The van der Waals surface area contributed by atoms with Gasteiger partial charge in [0.15, 0.2) is 5.09 Å². The molecule has 0 amide bonds. The fraction of sp³-hybridized carbons (Fsp3) is 0.556. The zero-order valence-electron chi connectivity index (χ0n) is 7.47. The van der Waals surface area contributed by atoms with Crippen molar-refractivity contribution in [3.8, 4) is 0 Å². The Kier molecular flexibility index (Phi) is 2.33. The average Bonchev–Trinajstić information content (AvgIpc) is 2.32. The van der Waals surface area contributed by atoms with Crippen LogP contribution in [-0.2, 0) is 5.41 Å². The van der Waals surface area contributed by atoms with Gasteiger partial charge in [-0.2, -0.15) is 0 Å². The molecule has 0 saturated heterocycles. The Balaban J connectivity index is 2.89. The van der Waals surface area contributed by atoms with Gasteiger partial charge in [0.1, 0.15) is 0 Å². The smallest absolute Gasteiger partial charge is 0.160 e. The number of thioether (sulfide) groups is 1. The highest BCUT2D eigenvalue weighted by atomic mass is 32.2. The Bertz CT molecular complexity index is 232. The predicted molar refractivity (Wildman–Crippen MR) is 49.2 cm³/mol. The van der Waals surface area contributed by atoms with E-state index in [2.05, 4.69) is 26.8 Å². The first kappa shape index (κ1) is 8.72. The van der Waals surface area contributed by atoms with Gasteiger partial charge in [0.05, 0.1) is 6.26 Å². The third kappa shape index (κ3) is 2.03. The fourth-order valence-electron chi connectivity index (χ4n) is 0.817. The van der Waals surface area contributed by atoms with E-state index in [1.165, 1.54) is 5.56 Å². The summed E-state index contributed by atoms with van der Waals surface area (Å²) in [5.74, 6) is 0. The van der Waals surface area contributed by atoms with Crippen LogP contribution in [-0.4, -0.2) is 6.26 Å². The van der Waals surface area contributed by atoms with Crippen LogP contribution >= 0.6 is 11.8 Å². The van der Waals surface area contributed by atoms with Crippen molar-refractivity contribution in [1.29, 1.82) is 0 Å². The molecule has 0 aromatic carbocycles. The van der Waals surface area contributed by atoms with E-state index >= 15 is 0 Å². The summed E-state index contributed by atoms with van der Waals surface area (Å²) in [6.07, 6.45) is 3.86. The Morgan fingerprint density at radius 3 is 2.27 bits per heavy atom. The van der Waals surface area contributed by atoms with Crippen LogP contribution in [0.1, 0.15) is 26.3 Å². The minimum absolute atomic E-state index is 0.206. The highest BCUT2D eigenvalue weighted by Crippen LogP contribution is 2.27. The highest BCUT2D eigenvalue weighted by molar-refractivity contribution is 7.98. The summed E-state index contributed by atoms with van der Waals surface area (Å²) >= 11 is 1.64. The molecule has 0 unspecified atom stereocenters. The summed E-state index contributed by atoms with van der Waals surface area (Å²) in [6, 6.07) is 2.10. The molecular weight excluding hydrogens is 156 g/mol. The molecule has 1 rings (SSSR count). The Morgan fingerprint density at radius 1 is 1.36 bits per heavy atom. The van der Waals surface area contributed by atoms with Crippen molar-refractivity contribution in [3.63, 3.8) is 0 Å². The van der Waals surface area contributed by atoms with E-state index in [0.717, 1.165) is 5.09 Å². The van der Waals surface area contributed by atoms with Crippen molar-refractivity contribution < 1.29 is 4.42 Å². The fourth-order valence-corrected chi connectivity index (χ4v) is 1.21. The molecule has 0 saturated carbocycles. The van der Waals surface area contributed by atoms with Crippen molar-refractivity contribution in [2.24, 2.45) is 0 Å². The highest BCUT2D eigenvalue weighted by Gasteiger charge is 2.15. The third-order valence-corrected chi connectivity index (χ3v) is 2.26. The lowest BCUT2D eigenvalue weighted by Gasteiger charge is -2.14. The van der Waals surface area contributed by atoms with Crippen LogP contribution < -0.4 is 0 Å². The van der Waals surface area contributed by atoms with Crippen LogP contribution in [0, 0.1) is 0 Å². The molecule has 2 heteroatoms. The summed E-state index contributed by atoms with van der Waals surface area (Å²) in [6.45, 7) is 6.55. The summed E-state index contributed by atoms with van der Waals surface area (Å²) in [5.41, 5.74) is 1.47. The van der Waals surface area contributed by atoms with E-state index < -0.39 is 0 Å². The maximum atomic E-state index is 5.30. The molecule has 1 aromatic heterocycles. The van der Waals surface area contributed by atoms with Crippen molar-refractivity contribution in [1.82, 2.24) is 0 Å². The molecule has 0 aliphatic rings. The standard InChI is InChI=1S/C9H14OS/c1-9(2,3)7-5-8(11-4)10-6-7/h5-6H,1-4H3. The zero-order valence-corrected chi connectivity index (χ0v) is 8.29. The van der Waals surface area contributed by atoms with Gasteiger partial charge < -0.3 is 4.42 Å². The molecule has 0 aliphatic heterocycles. The average molecular weight is 170 g/mol. The van der Waals surface area contributed by atoms with Gasteiger partial charge in [-0.1, -0.05) is 32.5 Å². The minimum Gasteiger partial charge on any atom is -0.458 e. The van der Waals surface area contributed by atoms with Gasteiger partial charge in [0.25, 0.3) is 0 Å². The van der Waals surface area contributed by atoms with Gasteiger partial charge in [-0.25, -0.2) is 0 Å². The second kappa shape index (κ2) is 2.94. The molecule has 0 bridgehead atoms. The van der Waals surface area contributed by atoms with Crippen molar-refractivity contribution in [2.45, 2.75) is 31.3 Å². The summed E-state index contributed by atoms with van der Waals surface area (Å²) in [5, 5.41) is 0.995.